The van der Waals surface area contributed by atoms with Gasteiger partial charge in [0.15, 0.2) is 0 Å². The van der Waals surface area contributed by atoms with Gasteiger partial charge in [-0.05, 0) is 55.7 Å². The summed E-state index contributed by atoms with van der Waals surface area (Å²) in [5, 5.41) is 5.93. The number of hydrazine groups is 1. The standard InChI is InChI=1S/C29H37ClN6O/c1-29(2,3)36(31)28(37)34-17-15-33(16-18-34)20-25-27(22-9-12-24(30)13-10-22)32-26-14-11-23(19-35(25)26)21-7-5-4-6-8-21/h4-14,19,25-27,32H,15-18,20,31H2,1-3H3. The lowest BCUT2D eigenvalue weighted by molar-refractivity contribution is 0.0775. The Bertz CT molecular complexity index is 1150. The van der Waals surface area contributed by atoms with Crippen molar-refractivity contribution >= 4 is 23.2 Å². The van der Waals surface area contributed by atoms with Crippen molar-refractivity contribution in [3.63, 3.8) is 0 Å². The average molecular weight is 521 g/mol. The summed E-state index contributed by atoms with van der Waals surface area (Å²) in [6.45, 7) is 9.71. The Kier molecular flexibility index (Phi) is 7.32. The van der Waals surface area contributed by atoms with Crippen molar-refractivity contribution in [1.29, 1.82) is 0 Å². The molecule has 5 rings (SSSR count). The molecule has 0 bridgehead atoms. The van der Waals surface area contributed by atoms with E-state index in [0.29, 0.717) is 13.1 Å². The summed E-state index contributed by atoms with van der Waals surface area (Å²) in [4.78, 5) is 19.7. The SMILES string of the molecule is CC(C)(C)N(N)C(=O)N1CCN(CC2C(c3ccc(Cl)cc3)NC3C=CC(c4ccccc4)=CN32)CC1. The van der Waals surface area contributed by atoms with E-state index in [4.69, 9.17) is 17.4 Å². The third-order valence-electron chi connectivity index (χ3n) is 7.54. The predicted octanol–water partition coefficient (Wildman–Crippen LogP) is 4.30. The smallest absolute Gasteiger partial charge is 0.334 e. The Morgan fingerprint density at radius 3 is 2.38 bits per heavy atom. The van der Waals surface area contributed by atoms with E-state index in [1.807, 2.05) is 43.9 Å². The van der Waals surface area contributed by atoms with E-state index in [1.165, 1.54) is 21.7 Å². The number of amides is 2. The molecule has 3 unspecified atom stereocenters. The molecule has 2 saturated heterocycles. The number of hydrogen-bond donors (Lipinski definition) is 2. The summed E-state index contributed by atoms with van der Waals surface area (Å²) in [5.41, 5.74) is 3.24. The number of nitrogens with one attached hydrogen (secondary N) is 1. The van der Waals surface area contributed by atoms with Crippen LogP contribution in [-0.2, 0) is 0 Å². The van der Waals surface area contributed by atoms with Crippen LogP contribution in [0.2, 0.25) is 5.02 Å². The number of rotatable bonds is 4. The number of allylic oxidation sites excluding steroid dienone is 2. The summed E-state index contributed by atoms with van der Waals surface area (Å²) in [6, 6.07) is 18.9. The number of nitrogens with two attached hydrogens (primary N) is 1. The number of benzene rings is 2. The molecule has 196 valence electrons. The van der Waals surface area contributed by atoms with Gasteiger partial charge in [0, 0.05) is 43.9 Å². The van der Waals surface area contributed by atoms with Crippen LogP contribution in [0.1, 0.15) is 37.9 Å². The molecule has 0 radical (unpaired) electrons. The highest BCUT2D eigenvalue weighted by molar-refractivity contribution is 6.30. The molecule has 7 nitrogen and oxygen atoms in total. The third-order valence-corrected chi connectivity index (χ3v) is 7.79. The highest BCUT2D eigenvalue weighted by atomic mass is 35.5. The van der Waals surface area contributed by atoms with Gasteiger partial charge < -0.3 is 9.80 Å². The number of urea groups is 1. The van der Waals surface area contributed by atoms with Crippen molar-refractivity contribution < 1.29 is 4.79 Å². The Morgan fingerprint density at radius 1 is 1.05 bits per heavy atom. The molecule has 0 aromatic heterocycles. The quantitative estimate of drug-likeness (QED) is 0.357. The molecule has 2 aromatic rings. The highest BCUT2D eigenvalue weighted by Crippen LogP contribution is 2.35. The van der Waals surface area contributed by atoms with Gasteiger partial charge in [-0.2, -0.15) is 0 Å². The van der Waals surface area contributed by atoms with Crippen LogP contribution in [0.3, 0.4) is 0 Å². The largest absolute Gasteiger partial charge is 0.352 e. The third kappa shape index (κ3) is 5.55. The number of nitrogens with zero attached hydrogens (tertiary/aromatic N) is 4. The summed E-state index contributed by atoms with van der Waals surface area (Å²) in [6.07, 6.45) is 6.88. The Hall–Kier alpha value is -2.84. The van der Waals surface area contributed by atoms with Gasteiger partial charge in [0.1, 0.15) is 0 Å². The van der Waals surface area contributed by atoms with E-state index >= 15 is 0 Å². The molecule has 0 spiro atoms. The summed E-state index contributed by atoms with van der Waals surface area (Å²) < 4.78 is 0. The van der Waals surface area contributed by atoms with Crippen LogP contribution in [0.5, 0.6) is 0 Å². The lowest BCUT2D eigenvalue weighted by Crippen LogP contribution is -2.60. The van der Waals surface area contributed by atoms with Gasteiger partial charge in [-0.15, -0.1) is 0 Å². The van der Waals surface area contributed by atoms with Crippen molar-refractivity contribution in [2.24, 2.45) is 5.84 Å². The normalized spacial score (nSPS) is 24.1. The fourth-order valence-electron chi connectivity index (χ4n) is 5.30. The molecule has 2 amide bonds. The molecule has 3 N–H and O–H groups in total. The Morgan fingerprint density at radius 2 is 1.73 bits per heavy atom. The lowest BCUT2D eigenvalue weighted by atomic mass is 9.98. The van der Waals surface area contributed by atoms with Crippen molar-refractivity contribution in [3.05, 3.63) is 89.1 Å². The first-order valence-electron chi connectivity index (χ1n) is 13.0. The number of halogens is 1. The molecule has 2 fully saturated rings. The van der Waals surface area contributed by atoms with Gasteiger partial charge >= 0.3 is 6.03 Å². The molecule has 3 atom stereocenters. The molecular weight excluding hydrogens is 484 g/mol. The molecule has 8 heteroatoms. The summed E-state index contributed by atoms with van der Waals surface area (Å²) in [7, 11) is 0. The molecular formula is C29H37ClN6O. The predicted molar refractivity (Wildman–Crippen MR) is 149 cm³/mol. The average Bonchev–Trinajstić information content (AvgIpc) is 3.26. The van der Waals surface area contributed by atoms with Crippen LogP contribution in [0.4, 0.5) is 4.79 Å². The first kappa shape index (κ1) is 25.8. The molecule has 2 aromatic carbocycles. The second-order valence-corrected chi connectivity index (χ2v) is 11.5. The van der Waals surface area contributed by atoms with E-state index < -0.39 is 5.54 Å². The zero-order valence-electron chi connectivity index (χ0n) is 21.8. The minimum absolute atomic E-state index is 0.106. The Balaban J connectivity index is 1.34. The maximum absolute atomic E-state index is 12.9. The van der Waals surface area contributed by atoms with Gasteiger partial charge in [-0.25, -0.2) is 10.6 Å². The van der Waals surface area contributed by atoms with Crippen molar-refractivity contribution in [1.82, 2.24) is 25.0 Å². The van der Waals surface area contributed by atoms with E-state index in [-0.39, 0.29) is 24.3 Å². The second-order valence-electron chi connectivity index (χ2n) is 11.1. The minimum Gasteiger partial charge on any atom is -0.352 e. The Labute approximate surface area is 225 Å². The minimum atomic E-state index is -0.408. The molecule has 37 heavy (non-hydrogen) atoms. The van der Waals surface area contributed by atoms with Gasteiger partial charge in [0.25, 0.3) is 0 Å². The van der Waals surface area contributed by atoms with Gasteiger partial charge in [-0.1, -0.05) is 60.1 Å². The van der Waals surface area contributed by atoms with Crippen molar-refractivity contribution in [2.75, 3.05) is 32.7 Å². The van der Waals surface area contributed by atoms with Gasteiger partial charge in [0.2, 0.25) is 0 Å². The van der Waals surface area contributed by atoms with E-state index in [9.17, 15) is 4.79 Å². The lowest BCUT2D eigenvalue weighted by Gasteiger charge is -2.41. The van der Waals surface area contributed by atoms with Crippen LogP contribution < -0.4 is 11.2 Å². The molecule has 0 aliphatic carbocycles. The molecule has 3 aliphatic rings. The fraction of sp³-hybridized carbons (Fsp3) is 0.414. The fourth-order valence-corrected chi connectivity index (χ4v) is 5.43. The maximum Gasteiger partial charge on any atom is 0.334 e. The number of carbonyl (C=O) groups is 1. The molecule has 3 heterocycles. The first-order chi connectivity index (χ1) is 17.7. The number of hydrogen-bond acceptors (Lipinski definition) is 5. The van der Waals surface area contributed by atoms with Crippen LogP contribution >= 0.6 is 11.6 Å². The number of carbonyl (C=O) groups excluding carboxylic acids is 1. The topological polar surface area (TPSA) is 68.1 Å². The van der Waals surface area contributed by atoms with Crippen LogP contribution in [0, 0.1) is 0 Å². The highest BCUT2D eigenvalue weighted by Gasteiger charge is 2.41. The summed E-state index contributed by atoms with van der Waals surface area (Å²) in [5.74, 6) is 6.11. The van der Waals surface area contributed by atoms with Crippen LogP contribution in [0.15, 0.2) is 72.9 Å². The van der Waals surface area contributed by atoms with Crippen molar-refractivity contribution in [3.8, 4) is 0 Å². The van der Waals surface area contributed by atoms with Gasteiger partial charge in [0.05, 0.1) is 23.8 Å². The van der Waals surface area contributed by atoms with Crippen LogP contribution in [-0.4, -0.2) is 76.2 Å². The second kappa shape index (κ2) is 10.5. The van der Waals surface area contributed by atoms with Crippen molar-refractivity contribution in [2.45, 2.75) is 44.6 Å². The van der Waals surface area contributed by atoms with E-state index in [2.05, 4.69) is 69.9 Å². The van der Waals surface area contributed by atoms with E-state index in [0.717, 1.165) is 24.7 Å². The van der Waals surface area contributed by atoms with Gasteiger partial charge in [-0.3, -0.25) is 15.2 Å². The maximum atomic E-state index is 12.9. The molecule has 0 saturated carbocycles. The monoisotopic (exact) mass is 520 g/mol. The van der Waals surface area contributed by atoms with Crippen LogP contribution in [0.25, 0.3) is 5.57 Å². The zero-order chi connectivity index (χ0) is 26.2. The summed E-state index contributed by atoms with van der Waals surface area (Å²) >= 11 is 6.20. The van der Waals surface area contributed by atoms with E-state index in [1.54, 1.807) is 0 Å². The number of piperazine rings is 1. The first-order valence-corrected chi connectivity index (χ1v) is 13.4. The zero-order valence-corrected chi connectivity index (χ0v) is 22.6. The molecule has 3 aliphatic heterocycles. The number of fused-ring (bicyclic) bond motifs is 1.